The maximum atomic E-state index is 12.7. The Morgan fingerprint density at radius 2 is 1.76 bits per heavy atom. The molecule has 0 atom stereocenters. The number of aryl methyl sites for hydroxylation is 1. The van der Waals surface area contributed by atoms with Crippen molar-refractivity contribution in [2.45, 2.75) is 31.8 Å². The van der Waals surface area contributed by atoms with Gasteiger partial charge in [0.25, 0.3) is 0 Å². The second kappa shape index (κ2) is 6.87. The van der Waals surface area contributed by atoms with Crippen molar-refractivity contribution >= 4 is 10.0 Å². The van der Waals surface area contributed by atoms with Crippen LogP contribution in [0.15, 0.2) is 23.1 Å². The highest BCUT2D eigenvalue weighted by Gasteiger charge is 2.28. The SMILES string of the molecule is CCc1ccc(S(=O)(=O)N2CCN(CC)CC2)cc1CO. The summed E-state index contributed by atoms with van der Waals surface area (Å²) in [5.74, 6) is 0. The highest BCUT2D eigenvalue weighted by atomic mass is 32.2. The zero-order chi connectivity index (χ0) is 15.5. The van der Waals surface area contributed by atoms with Crippen molar-refractivity contribution in [3.05, 3.63) is 29.3 Å². The molecular formula is C15H24N2O3S. The summed E-state index contributed by atoms with van der Waals surface area (Å²) in [5, 5.41) is 9.40. The number of aliphatic hydroxyl groups is 1. The molecule has 21 heavy (non-hydrogen) atoms. The molecule has 5 nitrogen and oxygen atoms in total. The van der Waals surface area contributed by atoms with Gasteiger partial charge in [0.05, 0.1) is 11.5 Å². The van der Waals surface area contributed by atoms with Crippen LogP contribution in [0.3, 0.4) is 0 Å². The van der Waals surface area contributed by atoms with Crippen molar-refractivity contribution in [1.82, 2.24) is 9.21 Å². The number of nitrogens with zero attached hydrogens (tertiary/aromatic N) is 2. The summed E-state index contributed by atoms with van der Waals surface area (Å²) in [6.07, 6.45) is 0.783. The second-order valence-corrected chi connectivity index (χ2v) is 7.22. The van der Waals surface area contributed by atoms with Crippen LogP contribution >= 0.6 is 0 Å². The minimum atomic E-state index is -3.46. The van der Waals surface area contributed by atoms with Gasteiger partial charge in [0.15, 0.2) is 0 Å². The highest BCUT2D eigenvalue weighted by Crippen LogP contribution is 2.21. The van der Waals surface area contributed by atoms with E-state index in [0.29, 0.717) is 18.7 Å². The summed E-state index contributed by atoms with van der Waals surface area (Å²) in [5.41, 5.74) is 1.69. The molecule has 1 N–H and O–H groups in total. The minimum Gasteiger partial charge on any atom is -0.392 e. The molecule has 0 radical (unpaired) electrons. The molecule has 0 aliphatic carbocycles. The fraction of sp³-hybridized carbons (Fsp3) is 0.600. The lowest BCUT2D eigenvalue weighted by molar-refractivity contribution is 0.196. The molecule has 2 rings (SSSR count). The number of sulfonamides is 1. The predicted octanol–water partition coefficient (Wildman–Crippen LogP) is 1.07. The smallest absolute Gasteiger partial charge is 0.243 e. The third-order valence-corrected chi connectivity index (χ3v) is 6.04. The van der Waals surface area contributed by atoms with E-state index in [1.807, 2.05) is 6.92 Å². The van der Waals surface area contributed by atoms with Gasteiger partial charge in [-0.15, -0.1) is 0 Å². The topological polar surface area (TPSA) is 60.9 Å². The summed E-state index contributed by atoms with van der Waals surface area (Å²) in [7, 11) is -3.46. The Labute approximate surface area is 127 Å². The van der Waals surface area contributed by atoms with Gasteiger partial charge in [-0.3, -0.25) is 0 Å². The number of hydrogen-bond acceptors (Lipinski definition) is 4. The van der Waals surface area contributed by atoms with Gasteiger partial charge in [-0.25, -0.2) is 8.42 Å². The average molecular weight is 312 g/mol. The molecule has 1 fully saturated rings. The summed E-state index contributed by atoms with van der Waals surface area (Å²) < 4.78 is 26.9. The average Bonchev–Trinajstić information content (AvgIpc) is 2.54. The van der Waals surface area contributed by atoms with Crippen LogP contribution in [0.4, 0.5) is 0 Å². The van der Waals surface area contributed by atoms with E-state index in [4.69, 9.17) is 0 Å². The van der Waals surface area contributed by atoms with E-state index in [2.05, 4.69) is 11.8 Å². The fourth-order valence-electron chi connectivity index (χ4n) is 2.69. The Bertz CT molecular complexity index is 579. The number of benzene rings is 1. The number of rotatable bonds is 5. The minimum absolute atomic E-state index is 0.129. The number of aliphatic hydroxyl groups excluding tert-OH is 1. The van der Waals surface area contributed by atoms with Crippen molar-refractivity contribution < 1.29 is 13.5 Å². The number of likely N-dealkylation sites (N-methyl/N-ethyl adjacent to an activating group) is 1. The Morgan fingerprint density at radius 1 is 1.10 bits per heavy atom. The standard InChI is InChI=1S/C15H24N2O3S/c1-3-13-5-6-15(11-14(13)12-18)21(19,20)17-9-7-16(4-2)8-10-17/h5-6,11,18H,3-4,7-10,12H2,1-2H3. The molecule has 118 valence electrons. The van der Waals surface area contributed by atoms with Crippen molar-refractivity contribution in [2.24, 2.45) is 0 Å². The van der Waals surface area contributed by atoms with Crippen molar-refractivity contribution in [2.75, 3.05) is 32.7 Å². The van der Waals surface area contributed by atoms with Gasteiger partial charge in [0.1, 0.15) is 0 Å². The first-order chi connectivity index (χ1) is 10.0. The first-order valence-corrected chi connectivity index (χ1v) is 8.92. The maximum Gasteiger partial charge on any atom is 0.243 e. The largest absolute Gasteiger partial charge is 0.392 e. The van der Waals surface area contributed by atoms with Gasteiger partial charge in [0, 0.05) is 26.2 Å². The van der Waals surface area contributed by atoms with Gasteiger partial charge in [-0.2, -0.15) is 4.31 Å². The van der Waals surface area contributed by atoms with Crippen LogP contribution < -0.4 is 0 Å². The van der Waals surface area contributed by atoms with Crippen molar-refractivity contribution in [1.29, 1.82) is 0 Å². The maximum absolute atomic E-state index is 12.7. The predicted molar refractivity (Wildman–Crippen MR) is 82.6 cm³/mol. The molecular weight excluding hydrogens is 288 g/mol. The van der Waals surface area contributed by atoms with E-state index in [0.717, 1.165) is 31.6 Å². The first-order valence-electron chi connectivity index (χ1n) is 7.48. The summed E-state index contributed by atoms with van der Waals surface area (Å²) in [4.78, 5) is 2.53. The van der Waals surface area contributed by atoms with Crippen molar-refractivity contribution in [3.63, 3.8) is 0 Å². The molecule has 0 aromatic heterocycles. The Hall–Kier alpha value is -0.950. The molecule has 0 amide bonds. The second-order valence-electron chi connectivity index (χ2n) is 5.28. The summed E-state index contributed by atoms with van der Waals surface area (Å²) in [6, 6.07) is 5.07. The lowest BCUT2D eigenvalue weighted by Gasteiger charge is -2.33. The van der Waals surface area contributed by atoms with E-state index >= 15 is 0 Å². The third-order valence-electron chi connectivity index (χ3n) is 4.15. The van der Waals surface area contributed by atoms with Gasteiger partial charge in [0.2, 0.25) is 10.0 Å². The lowest BCUT2D eigenvalue weighted by Crippen LogP contribution is -2.48. The molecule has 1 aliphatic heterocycles. The van der Waals surface area contributed by atoms with Crippen LogP contribution in [0.2, 0.25) is 0 Å². The third kappa shape index (κ3) is 3.45. The van der Waals surface area contributed by atoms with Crippen molar-refractivity contribution in [3.8, 4) is 0 Å². The zero-order valence-corrected chi connectivity index (χ0v) is 13.6. The quantitative estimate of drug-likeness (QED) is 0.883. The summed E-state index contributed by atoms with van der Waals surface area (Å²) >= 11 is 0. The molecule has 0 unspecified atom stereocenters. The Morgan fingerprint density at radius 3 is 2.29 bits per heavy atom. The zero-order valence-electron chi connectivity index (χ0n) is 12.7. The highest BCUT2D eigenvalue weighted by molar-refractivity contribution is 7.89. The molecule has 0 saturated carbocycles. The van der Waals surface area contributed by atoms with Crippen LogP contribution in [0, 0.1) is 0 Å². The van der Waals surface area contributed by atoms with Gasteiger partial charge in [-0.1, -0.05) is 19.9 Å². The number of hydrogen-bond donors (Lipinski definition) is 1. The molecule has 6 heteroatoms. The number of piperazine rings is 1. The van der Waals surface area contributed by atoms with Gasteiger partial charge < -0.3 is 10.0 Å². The van der Waals surface area contributed by atoms with E-state index in [-0.39, 0.29) is 11.5 Å². The molecule has 0 bridgehead atoms. The van der Waals surface area contributed by atoms with Crippen LogP contribution in [0.5, 0.6) is 0 Å². The van der Waals surface area contributed by atoms with E-state index < -0.39 is 10.0 Å². The summed E-state index contributed by atoms with van der Waals surface area (Å²) in [6.45, 7) is 7.50. The Balaban J connectivity index is 2.24. The van der Waals surface area contributed by atoms with E-state index in [1.165, 1.54) is 0 Å². The first kappa shape index (κ1) is 16.4. The van der Waals surface area contributed by atoms with Crippen LogP contribution in [0.1, 0.15) is 25.0 Å². The monoisotopic (exact) mass is 312 g/mol. The van der Waals surface area contributed by atoms with Gasteiger partial charge >= 0.3 is 0 Å². The normalized spacial score (nSPS) is 18.0. The van der Waals surface area contributed by atoms with Crippen LogP contribution in [0.25, 0.3) is 0 Å². The molecule has 1 aliphatic rings. The molecule has 1 aromatic carbocycles. The van der Waals surface area contributed by atoms with Crippen LogP contribution in [-0.4, -0.2) is 55.5 Å². The molecule has 1 aromatic rings. The Kier molecular flexibility index (Phi) is 5.37. The van der Waals surface area contributed by atoms with E-state index in [9.17, 15) is 13.5 Å². The lowest BCUT2D eigenvalue weighted by atomic mass is 10.1. The molecule has 1 heterocycles. The molecule has 0 spiro atoms. The van der Waals surface area contributed by atoms with Crippen LogP contribution in [-0.2, 0) is 23.1 Å². The fourth-order valence-corrected chi connectivity index (χ4v) is 4.16. The molecule has 1 saturated heterocycles. The van der Waals surface area contributed by atoms with Gasteiger partial charge in [-0.05, 0) is 36.2 Å². The van der Waals surface area contributed by atoms with E-state index in [1.54, 1.807) is 22.5 Å².